The number of aliphatic carboxylic acids is 3. The van der Waals surface area contributed by atoms with E-state index in [2.05, 4.69) is 48.3 Å². The number of rotatable bonds is 20. The van der Waals surface area contributed by atoms with Crippen LogP contribution in [-0.4, -0.2) is 95.7 Å². The minimum absolute atomic E-state index is 0.00312. The Labute approximate surface area is 391 Å². The van der Waals surface area contributed by atoms with Crippen molar-refractivity contribution in [1.29, 1.82) is 0 Å². The lowest BCUT2D eigenvalue weighted by Gasteiger charge is -2.08. The molecule has 2 aliphatic rings. The minimum Gasteiger partial charge on any atom is -0.481 e. The molecule has 67 heavy (non-hydrogen) atoms. The molecule has 0 radical (unpaired) electrons. The topological polar surface area (TPSA) is 269 Å². The van der Waals surface area contributed by atoms with E-state index < -0.39 is 29.7 Å². The number of allylic oxidation sites excluding steroid dienone is 4. The first-order valence-corrected chi connectivity index (χ1v) is 22.2. The van der Waals surface area contributed by atoms with Crippen molar-refractivity contribution in [3.63, 3.8) is 0 Å². The van der Waals surface area contributed by atoms with Crippen molar-refractivity contribution >= 4 is 103 Å². The van der Waals surface area contributed by atoms with Crippen LogP contribution in [-0.2, 0) is 48.0 Å². The quantitative estimate of drug-likeness (QED) is 0.0336. The average molecular weight is 929 g/mol. The maximum Gasteiger partial charge on any atom is 0.303 e. The normalized spacial score (nSPS) is 12.1. The number of thiocarbonyl (C=S) groups is 1. The van der Waals surface area contributed by atoms with Crippen molar-refractivity contribution in [2.75, 3.05) is 19.6 Å². The first-order chi connectivity index (χ1) is 32.0. The van der Waals surface area contributed by atoms with Crippen LogP contribution in [0.5, 0.6) is 0 Å². The zero-order valence-corrected chi connectivity index (χ0v) is 38.5. The van der Waals surface area contributed by atoms with Gasteiger partial charge in [-0.05, 0) is 159 Å². The summed E-state index contributed by atoms with van der Waals surface area (Å²) in [6.07, 6.45) is 1.04. The number of H-pyrrole nitrogens is 2. The summed E-state index contributed by atoms with van der Waals surface area (Å²) in [5.41, 5.74) is 12.6. The zero-order valence-electron chi connectivity index (χ0n) is 37.6. The number of fused-ring (bicyclic) bond motifs is 8. The smallest absolute Gasteiger partial charge is 0.303 e. The van der Waals surface area contributed by atoms with Crippen molar-refractivity contribution in [2.24, 2.45) is 4.99 Å². The number of hydrogen-bond donors (Lipinski definition) is 8. The van der Waals surface area contributed by atoms with E-state index in [1.807, 2.05) is 58.0 Å². The van der Waals surface area contributed by atoms with Gasteiger partial charge in [-0.15, -0.1) is 0 Å². The van der Waals surface area contributed by atoms with Gasteiger partial charge in [-0.1, -0.05) is 12.1 Å². The molecule has 0 spiro atoms. The summed E-state index contributed by atoms with van der Waals surface area (Å²) in [7, 11) is 0. The fourth-order valence-corrected chi connectivity index (χ4v) is 8.24. The summed E-state index contributed by atoms with van der Waals surface area (Å²) < 4.78 is 0. The third-order valence-corrected chi connectivity index (χ3v) is 12.0. The SMILES string of the molecule is CC1=C(CCC(=O)O)c2cc3nc(cc4[nH]c(cc5[nH]c(cc1n2)c(CCC(=O)O)c5C)c(CCC(=O)NCC(=O)NCC(=O)NCCc1ccc(N=C=S)cc1)c4C)C(CCC(=O)O)=C3C. The van der Waals surface area contributed by atoms with Crippen LogP contribution in [0.25, 0.3) is 44.4 Å². The largest absolute Gasteiger partial charge is 0.481 e. The van der Waals surface area contributed by atoms with Crippen LogP contribution in [0.15, 0.2) is 53.5 Å². The van der Waals surface area contributed by atoms with E-state index >= 15 is 0 Å². The van der Waals surface area contributed by atoms with Gasteiger partial charge in [0.2, 0.25) is 17.7 Å². The summed E-state index contributed by atoms with van der Waals surface area (Å²) in [6, 6.07) is 14.7. The van der Waals surface area contributed by atoms with Crippen LogP contribution in [0.4, 0.5) is 5.69 Å². The molecule has 0 atom stereocenters. The van der Waals surface area contributed by atoms with E-state index in [0.29, 0.717) is 63.5 Å². The molecule has 0 fully saturated rings. The van der Waals surface area contributed by atoms with E-state index in [-0.39, 0.29) is 70.4 Å². The molecule has 1 aromatic carbocycles. The number of nitrogens with one attached hydrogen (secondary N) is 5. The van der Waals surface area contributed by atoms with Gasteiger partial charge in [0.15, 0.2) is 0 Å². The lowest BCUT2D eigenvalue weighted by molar-refractivity contribution is -0.137. The molecule has 17 nitrogen and oxygen atoms in total. The summed E-state index contributed by atoms with van der Waals surface area (Å²) in [6.45, 7) is 7.28. The number of amides is 3. The van der Waals surface area contributed by atoms with E-state index in [0.717, 1.165) is 50.1 Å². The van der Waals surface area contributed by atoms with Gasteiger partial charge in [0, 0.05) is 54.3 Å². The lowest BCUT2D eigenvalue weighted by atomic mass is 9.98. The predicted octanol–water partition coefficient (Wildman–Crippen LogP) is 6.80. The Bertz CT molecular complexity index is 2940. The molecular weight excluding hydrogens is 877 g/mol. The van der Waals surface area contributed by atoms with Gasteiger partial charge in [-0.2, -0.15) is 4.99 Å². The van der Waals surface area contributed by atoms with Crippen LogP contribution in [0.1, 0.15) is 103 Å². The standard InChI is InChI=1S/C49H52N8O9S/c1-26-32(9-13-44(58)51-24-46(60)52-23-45(59)50-18-17-30-5-7-31(8-6-30)53-25-67)40-19-37-27(2)33(10-14-47(61)62)42(55-37)21-39-29(4)35(12-16-49(65)66)43(57-39)22-38-28(3)34(11-15-48(63)64)41(56-38)20-36(26)54-40/h5-8,19-22,54-55H,9-18,23-24H2,1-4H3,(H,50,59)(H,51,58)(H,52,60)(H,61,62)(H,63,64)(H,65,66). The molecule has 3 aromatic heterocycles. The molecule has 4 aromatic rings. The molecule has 8 N–H and O–H groups in total. The maximum atomic E-state index is 13.2. The van der Waals surface area contributed by atoms with Gasteiger partial charge in [0.25, 0.3) is 0 Å². The molecule has 2 aliphatic heterocycles. The van der Waals surface area contributed by atoms with Crippen molar-refractivity contribution in [3.8, 4) is 0 Å². The molecule has 3 amide bonds. The van der Waals surface area contributed by atoms with Gasteiger partial charge < -0.3 is 41.2 Å². The minimum atomic E-state index is -0.969. The number of hydrogen-bond acceptors (Lipinski definition) is 10. The summed E-state index contributed by atoms with van der Waals surface area (Å²) in [5, 5.41) is 39.2. The number of carbonyl (C=O) groups excluding carboxylic acids is 3. The van der Waals surface area contributed by atoms with Crippen molar-refractivity contribution in [1.82, 2.24) is 35.9 Å². The monoisotopic (exact) mass is 928 g/mol. The number of carboxylic acids is 3. The molecule has 0 aliphatic carbocycles. The number of aromatic amines is 2. The Morgan fingerprint density at radius 2 is 1.03 bits per heavy atom. The molecule has 0 unspecified atom stereocenters. The Balaban J connectivity index is 1.29. The third-order valence-electron chi connectivity index (χ3n) is 11.9. The summed E-state index contributed by atoms with van der Waals surface area (Å²) in [5.74, 6) is -4.21. The van der Waals surface area contributed by atoms with E-state index in [1.54, 1.807) is 18.2 Å². The highest BCUT2D eigenvalue weighted by atomic mass is 32.1. The highest BCUT2D eigenvalue weighted by molar-refractivity contribution is 7.78. The van der Waals surface area contributed by atoms with Crippen LogP contribution in [0.2, 0.25) is 0 Å². The van der Waals surface area contributed by atoms with Gasteiger partial charge in [0.05, 0.1) is 46.7 Å². The number of aryl methyl sites for hydroxylation is 4. The first kappa shape index (κ1) is 48.9. The highest BCUT2D eigenvalue weighted by Crippen LogP contribution is 2.38. The second-order valence-corrected chi connectivity index (χ2v) is 16.5. The molecule has 348 valence electrons. The molecule has 0 saturated carbocycles. The Hall–Kier alpha value is -7.56. The second kappa shape index (κ2) is 22.1. The molecule has 0 saturated heterocycles. The maximum absolute atomic E-state index is 13.2. The molecule has 5 heterocycles. The van der Waals surface area contributed by atoms with Gasteiger partial charge in [0.1, 0.15) is 0 Å². The van der Waals surface area contributed by atoms with E-state index in [4.69, 9.17) is 9.97 Å². The fourth-order valence-electron chi connectivity index (χ4n) is 8.13. The number of carboxylic acid groups (broad SMARTS) is 3. The first-order valence-electron chi connectivity index (χ1n) is 21.8. The van der Waals surface area contributed by atoms with Gasteiger partial charge in [-0.25, -0.2) is 9.97 Å². The van der Waals surface area contributed by atoms with Gasteiger partial charge >= 0.3 is 17.9 Å². The van der Waals surface area contributed by atoms with E-state index in [1.165, 1.54) is 0 Å². The van der Waals surface area contributed by atoms with E-state index in [9.17, 15) is 44.1 Å². The highest BCUT2D eigenvalue weighted by Gasteiger charge is 2.23. The summed E-state index contributed by atoms with van der Waals surface area (Å²) >= 11 is 4.62. The van der Waals surface area contributed by atoms with Crippen molar-refractivity contribution in [3.05, 3.63) is 99.1 Å². The van der Waals surface area contributed by atoms with Crippen LogP contribution < -0.4 is 16.0 Å². The zero-order chi connectivity index (χ0) is 48.4. The Kier molecular flexibility index (Phi) is 16.1. The predicted molar refractivity (Wildman–Crippen MR) is 257 cm³/mol. The van der Waals surface area contributed by atoms with Gasteiger partial charge in [-0.3, -0.25) is 28.8 Å². The molecule has 18 heteroatoms. The number of aliphatic imine (C=N–C) groups is 1. The Morgan fingerprint density at radius 1 is 0.567 bits per heavy atom. The second-order valence-electron chi connectivity index (χ2n) is 16.4. The molecule has 6 rings (SSSR count). The molecule has 8 bridgehead atoms. The molecular formula is C49H52N8O9S. The number of carbonyl (C=O) groups is 6. The van der Waals surface area contributed by atoms with Crippen LogP contribution in [0, 0.1) is 13.8 Å². The third kappa shape index (κ3) is 12.6. The van der Waals surface area contributed by atoms with Crippen LogP contribution >= 0.6 is 12.2 Å². The van der Waals surface area contributed by atoms with Crippen molar-refractivity contribution < 1.29 is 44.1 Å². The average Bonchev–Trinajstić information content (AvgIpc) is 3.94. The fraction of sp³-hybridized carbons (Fsp3) is 0.327. The number of isothiocyanates is 1. The van der Waals surface area contributed by atoms with Crippen molar-refractivity contribution in [2.45, 2.75) is 85.5 Å². The van der Waals surface area contributed by atoms with Crippen LogP contribution in [0.3, 0.4) is 0 Å². The number of benzene rings is 1. The number of nitrogens with zero attached hydrogens (tertiary/aromatic N) is 3. The lowest BCUT2D eigenvalue weighted by Crippen LogP contribution is -2.42. The Morgan fingerprint density at radius 3 is 1.60 bits per heavy atom. The summed E-state index contributed by atoms with van der Waals surface area (Å²) in [4.78, 5) is 94.4. The number of aromatic nitrogens is 4.